The molecule has 2 nitrogen and oxygen atoms in total. The topological polar surface area (TPSA) is 20.2 Å². The van der Waals surface area contributed by atoms with Gasteiger partial charge in [0.05, 0.1) is 20.1 Å². The fraction of sp³-hybridized carbons (Fsp3) is 1.00. The second-order valence-electron chi connectivity index (χ2n) is 6.04. The van der Waals surface area contributed by atoms with Gasteiger partial charge in [-0.25, -0.2) is 0 Å². The molecule has 18 heavy (non-hydrogen) atoms. The summed E-state index contributed by atoms with van der Waals surface area (Å²) in [4.78, 5) is 0. The summed E-state index contributed by atoms with van der Waals surface area (Å²) < 4.78 is 0.859. The quantitative estimate of drug-likeness (QED) is 0.296. The van der Waals surface area contributed by atoms with E-state index >= 15 is 0 Å². The number of unbranched alkanes of at least 4 members (excludes halogenated alkanes) is 8. The molecule has 0 saturated heterocycles. The number of nitrogens with zero attached hydrogens (tertiary/aromatic N) is 1. The minimum Gasteiger partial charge on any atom is -0.347 e. The summed E-state index contributed by atoms with van der Waals surface area (Å²) in [5.74, 6) is 0. The van der Waals surface area contributed by atoms with Crippen LogP contribution in [0.3, 0.4) is 0 Å². The molecule has 0 aromatic rings. The summed E-state index contributed by atoms with van der Waals surface area (Å²) in [6.07, 6.45) is 13.3. The van der Waals surface area contributed by atoms with Crippen molar-refractivity contribution in [2.24, 2.45) is 0 Å². The summed E-state index contributed by atoms with van der Waals surface area (Å²) in [7, 11) is 2.21. The maximum Gasteiger partial charge on any atom is 0.180 e. The van der Waals surface area contributed by atoms with Gasteiger partial charge in [0.15, 0.2) is 6.73 Å². The van der Waals surface area contributed by atoms with E-state index in [0.717, 1.165) is 17.6 Å². The summed E-state index contributed by atoms with van der Waals surface area (Å²) in [6, 6.07) is 0. The molecule has 0 spiro atoms. The lowest BCUT2D eigenvalue weighted by molar-refractivity contribution is -0.927. The first kappa shape index (κ1) is 17.9. The van der Waals surface area contributed by atoms with E-state index < -0.39 is 0 Å². The van der Waals surface area contributed by atoms with Crippen molar-refractivity contribution in [2.45, 2.75) is 78.1 Å². The minimum atomic E-state index is 0.307. The van der Waals surface area contributed by atoms with E-state index in [-0.39, 0.29) is 0 Å². The SMILES string of the molecule is CCCCCCC[N+](C)(CO)CCCCCCC. The fourth-order valence-electron chi connectivity index (χ4n) is 2.45. The van der Waals surface area contributed by atoms with Crippen molar-refractivity contribution in [1.29, 1.82) is 0 Å². The van der Waals surface area contributed by atoms with Crippen molar-refractivity contribution in [3.8, 4) is 0 Å². The molecule has 2 heteroatoms. The number of aliphatic hydroxyl groups is 1. The third kappa shape index (κ3) is 9.90. The minimum absolute atomic E-state index is 0.307. The molecule has 0 aliphatic heterocycles. The lowest BCUT2D eigenvalue weighted by atomic mass is 10.1. The number of quaternary nitrogens is 1. The molecule has 0 rings (SSSR count). The van der Waals surface area contributed by atoms with E-state index in [0.29, 0.717) is 6.73 Å². The van der Waals surface area contributed by atoms with Crippen molar-refractivity contribution < 1.29 is 9.59 Å². The van der Waals surface area contributed by atoms with Crippen molar-refractivity contribution in [2.75, 3.05) is 26.9 Å². The standard InChI is InChI=1S/C16H36NO/c1-4-6-8-10-12-14-17(3,16-18)15-13-11-9-7-5-2/h18H,4-16H2,1-3H3/q+1. The summed E-state index contributed by atoms with van der Waals surface area (Å²) in [6.45, 7) is 7.11. The average Bonchev–Trinajstić information content (AvgIpc) is 2.38. The molecule has 0 saturated carbocycles. The number of aliphatic hydroxyl groups excluding tert-OH is 1. The Labute approximate surface area is 115 Å². The zero-order chi connectivity index (χ0) is 13.7. The van der Waals surface area contributed by atoms with Crippen molar-refractivity contribution >= 4 is 0 Å². The van der Waals surface area contributed by atoms with Crippen molar-refractivity contribution in [3.05, 3.63) is 0 Å². The van der Waals surface area contributed by atoms with Crippen LogP contribution in [0.25, 0.3) is 0 Å². The lowest BCUT2D eigenvalue weighted by Gasteiger charge is -2.32. The van der Waals surface area contributed by atoms with E-state index in [1.807, 2.05) is 0 Å². The highest BCUT2D eigenvalue weighted by molar-refractivity contribution is 4.46. The smallest absolute Gasteiger partial charge is 0.180 e. The zero-order valence-corrected chi connectivity index (χ0v) is 13.1. The summed E-state index contributed by atoms with van der Waals surface area (Å²) in [5.41, 5.74) is 0. The Hall–Kier alpha value is -0.0800. The van der Waals surface area contributed by atoms with E-state index in [9.17, 15) is 5.11 Å². The summed E-state index contributed by atoms with van der Waals surface area (Å²) in [5, 5.41) is 9.56. The predicted octanol–water partition coefficient (Wildman–Crippen LogP) is 4.32. The van der Waals surface area contributed by atoms with Gasteiger partial charge in [-0.1, -0.05) is 52.4 Å². The first-order valence-corrected chi connectivity index (χ1v) is 8.13. The molecular formula is C16H36NO+. The molecule has 0 aromatic heterocycles. The zero-order valence-electron chi connectivity index (χ0n) is 13.1. The highest BCUT2D eigenvalue weighted by Gasteiger charge is 2.18. The van der Waals surface area contributed by atoms with Crippen LogP contribution in [0, 0.1) is 0 Å². The summed E-state index contributed by atoms with van der Waals surface area (Å²) >= 11 is 0. The molecule has 0 amide bonds. The normalized spacial score (nSPS) is 12.0. The average molecular weight is 258 g/mol. The van der Waals surface area contributed by atoms with Crippen LogP contribution >= 0.6 is 0 Å². The van der Waals surface area contributed by atoms with Gasteiger partial charge >= 0.3 is 0 Å². The monoisotopic (exact) mass is 258 g/mol. The highest BCUT2D eigenvalue weighted by atomic mass is 16.3. The Kier molecular flexibility index (Phi) is 11.9. The van der Waals surface area contributed by atoms with Gasteiger partial charge in [-0.3, -0.25) is 0 Å². The maximum absolute atomic E-state index is 9.56. The Morgan fingerprint density at radius 2 is 1.06 bits per heavy atom. The van der Waals surface area contributed by atoms with Crippen molar-refractivity contribution in [3.63, 3.8) is 0 Å². The molecule has 0 aliphatic carbocycles. The van der Waals surface area contributed by atoms with Crippen LogP contribution in [0.2, 0.25) is 0 Å². The van der Waals surface area contributed by atoms with Crippen LogP contribution in [-0.4, -0.2) is 36.5 Å². The second kappa shape index (κ2) is 12.0. The Balaban J connectivity index is 3.60. The van der Waals surface area contributed by atoms with Gasteiger partial charge in [0, 0.05) is 0 Å². The van der Waals surface area contributed by atoms with Gasteiger partial charge in [0.1, 0.15) is 0 Å². The molecule has 0 aliphatic rings. The van der Waals surface area contributed by atoms with Crippen LogP contribution in [0.4, 0.5) is 0 Å². The van der Waals surface area contributed by atoms with Crippen LogP contribution in [-0.2, 0) is 0 Å². The van der Waals surface area contributed by atoms with Crippen LogP contribution in [0.15, 0.2) is 0 Å². The molecule has 0 bridgehead atoms. The van der Waals surface area contributed by atoms with Gasteiger partial charge < -0.3 is 9.59 Å². The van der Waals surface area contributed by atoms with E-state index in [4.69, 9.17) is 0 Å². The van der Waals surface area contributed by atoms with Gasteiger partial charge in [-0.15, -0.1) is 0 Å². The Morgan fingerprint density at radius 1 is 0.667 bits per heavy atom. The second-order valence-corrected chi connectivity index (χ2v) is 6.04. The molecule has 0 aromatic carbocycles. The molecule has 1 N–H and O–H groups in total. The van der Waals surface area contributed by atoms with Gasteiger partial charge in [-0.2, -0.15) is 0 Å². The van der Waals surface area contributed by atoms with Crippen LogP contribution < -0.4 is 0 Å². The van der Waals surface area contributed by atoms with E-state index in [2.05, 4.69) is 20.9 Å². The first-order chi connectivity index (χ1) is 8.68. The molecular weight excluding hydrogens is 222 g/mol. The Bertz CT molecular complexity index is 156. The highest BCUT2D eigenvalue weighted by Crippen LogP contribution is 2.11. The van der Waals surface area contributed by atoms with E-state index in [1.165, 1.54) is 64.2 Å². The first-order valence-electron chi connectivity index (χ1n) is 8.13. The lowest BCUT2D eigenvalue weighted by Crippen LogP contribution is -2.46. The maximum atomic E-state index is 9.56. The van der Waals surface area contributed by atoms with Crippen molar-refractivity contribution in [1.82, 2.24) is 0 Å². The molecule has 110 valence electrons. The van der Waals surface area contributed by atoms with E-state index in [1.54, 1.807) is 0 Å². The van der Waals surface area contributed by atoms with Gasteiger partial charge in [0.25, 0.3) is 0 Å². The molecule has 0 unspecified atom stereocenters. The molecule has 0 radical (unpaired) electrons. The number of rotatable bonds is 13. The Morgan fingerprint density at radius 3 is 1.39 bits per heavy atom. The predicted molar refractivity (Wildman–Crippen MR) is 80.5 cm³/mol. The largest absolute Gasteiger partial charge is 0.347 e. The molecule has 0 fully saturated rings. The fourth-order valence-corrected chi connectivity index (χ4v) is 2.45. The van der Waals surface area contributed by atoms with Crippen LogP contribution in [0.1, 0.15) is 78.1 Å². The third-order valence-corrected chi connectivity index (χ3v) is 3.94. The third-order valence-electron chi connectivity index (χ3n) is 3.94. The van der Waals surface area contributed by atoms with Gasteiger partial charge in [-0.05, 0) is 25.7 Å². The molecule has 0 atom stereocenters. The number of hydrogen-bond donors (Lipinski definition) is 1. The molecule has 0 heterocycles. The van der Waals surface area contributed by atoms with Gasteiger partial charge in [0.2, 0.25) is 0 Å². The number of hydrogen-bond acceptors (Lipinski definition) is 1. The van der Waals surface area contributed by atoms with Crippen LogP contribution in [0.5, 0.6) is 0 Å².